The first-order valence-corrected chi connectivity index (χ1v) is 7.39. The maximum absolute atomic E-state index is 12.2. The molecule has 7 heteroatoms. The fourth-order valence-corrected chi connectivity index (χ4v) is 3.02. The van der Waals surface area contributed by atoms with Crippen LogP contribution in [0.3, 0.4) is 0 Å². The maximum Gasteiger partial charge on any atom is 0.242 e. The van der Waals surface area contributed by atoms with E-state index in [1.165, 1.54) is 6.20 Å². The van der Waals surface area contributed by atoms with Crippen LogP contribution < -0.4 is 10.5 Å². The maximum atomic E-state index is 12.2. The highest BCUT2D eigenvalue weighted by atomic mass is 32.2. The molecule has 1 aromatic carbocycles. The number of anilines is 1. The summed E-state index contributed by atoms with van der Waals surface area (Å²) in [6.45, 7) is 1.02. The van der Waals surface area contributed by atoms with Crippen molar-refractivity contribution in [3.8, 4) is 0 Å². The number of rotatable bonds is 5. The molecule has 1 aromatic heterocycles. The van der Waals surface area contributed by atoms with Crippen LogP contribution in [0.2, 0.25) is 0 Å². The second kappa shape index (κ2) is 5.20. The van der Waals surface area contributed by atoms with E-state index in [9.17, 15) is 8.42 Å². The molecule has 0 bridgehead atoms. The van der Waals surface area contributed by atoms with Gasteiger partial charge in [0, 0.05) is 35.9 Å². The van der Waals surface area contributed by atoms with Gasteiger partial charge >= 0.3 is 0 Å². The Kier molecular flexibility index (Phi) is 3.79. The van der Waals surface area contributed by atoms with Crippen molar-refractivity contribution in [3.05, 3.63) is 24.4 Å². The van der Waals surface area contributed by atoms with Crippen molar-refractivity contribution < 1.29 is 8.42 Å². The molecule has 2 rings (SSSR count). The summed E-state index contributed by atoms with van der Waals surface area (Å²) in [5, 5.41) is 0.645. The lowest BCUT2D eigenvalue weighted by atomic mass is 10.2. The molecule has 0 aliphatic carbocycles. The number of nitrogens with one attached hydrogen (secondary N) is 2. The molecular formula is C12H18N4O2S. The minimum absolute atomic E-state index is 0.251. The summed E-state index contributed by atoms with van der Waals surface area (Å²) in [6, 6.07) is 5.12. The number of hydrogen-bond acceptors (Lipinski definition) is 4. The van der Waals surface area contributed by atoms with E-state index >= 15 is 0 Å². The van der Waals surface area contributed by atoms with E-state index < -0.39 is 10.0 Å². The highest BCUT2D eigenvalue weighted by molar-refractivity contribution is 7.89. The molecule has 19 heavy (non-hydrogen) atoms. The summed E-state index contributed by atoms with van der Waals surface area (Å²) in [5.74, 6) is 0. The zero-order chi connectivity index (χ0) is 14.0. The number of hydrogen-bond donors (Lipinski definition) is 3. The molecule has 0 aliphatic heterocycles. The third kappa shape index (κ3) is 3.06. The molecule has 0 aliphatic rings. The van der Waals surface area contributed by atoms with Crippen LogP contribution in [0.5, 0.6) is 0 Å². The van der Waals surface area contributed by atoms with Gasteiger partial charge in [-0.1, -0.05) is 0 Å². The molecule has 0 spiro atoms. The lowest BCUT2D eigenvalue weighted by Crippen LogP contribution is -2.31. The number of sulfonamides is 1. The van der Waals surface area contributed by atoms with Crippen LogP contribution in [0, 0.1) is 0 Å². The molecule has 6 nitrogen and oxygen atoms in total. The molecule has 0 unspecified atom stereocenters. The number of nitrogens with zero attached hydrogens (tertiary/aromatic N) is 1. The van der Waals surface area contributed by atoms with Crippen LogP contribution in [0.25, 0.3) is 10.9 Å². The molecular weight excluding hydrogens is 264 g/mol. The molecule has 4 N–H and O–H groups in total. The quantitative estimate of drug-likeness (QED) is 0.700. The number of nitrogen functional groups attached to an aromatic ring is 1. The first kappa shape index (κ1) is 13.9. The van der Waals surface area contributed by atoms with Crippen molar-refractivity contribution in [2.24, 2.45) is 0 Å². The second-order valence-electron chi connectivity index (χ2n) is 4.66. The minimum atomic E-state index is -3.50. The number of aromatic amines is 1. The predicted octanol–water partition coefficient (Wildman–Crippen LogP) is 0.590. The molecule has 0 amide bonds. The van der Waals surface area contributed by atoms with E-state index in [0.29, 0.717) is 29.7 Å². The van der Waals surface area contributed by atoms with Gasteiger partial charge in [0.1, 0.15) is 4.90 Å². The summed E-state index contributed by atoms with van der Waals surface area (Å²) < 4.78 is 27.0. The Bertz CT molecular complexity index is 676. The molecule has 0 radical (unpaired) electrons. The van der Waals surface area contributed by atoms with Crippen LogP contribution in [0.4, 0.5) is 5.69 Å². The number of nitrogens with two attached hydrogens (primary N) is 1. The van der Waals surface area contributed by atoms with E-state index in [1.807, 2.05) is 19.0 Å². The first-order valence-electron chi connectivity index (χ1n) is 5.91. The van der Waals surface area contributed by atoms with Gasteiger partial charge in [-0.2, -0.15) is 0 Å². The van der Waals surface area contributed by atoms with Gasteiger partial charge in [-0.15, -0.1) is 0 Å². The molecule has 0 fully saturated rings. The van der Waals surface area contributed by atoms with Crippen molar-refractivity contribution in [1.29, 1.82) is 0 Å². The van der Waals surface area contributed by atoms with Crippen LogP contribution in [0.1, 0.15) is 0 Å². The number of fused-ring (bicyclic) bond motifs is 1. The van der Waals surface area contributed by atoms with Crippen LogP contribution >= 0.6 is 0 Å². The molecule has 104 valence electrons. The summed E-state index contributed by atoms with van der Waals surface area (Å²) in [6.07, 6.45) is 1.49. The fourth-order valence-electron chi connectivity index (χ4n) is 1.82. The Morgan fingerprint density at radius 2 is 2.11 bits per heavy atom. The Labute approximate surface area is 112 Å². The van der Waals surface area contributed by atoms with Gasteiger partial charge in [-0.25, -0.2) is 13.1 Å². The summed E-state index contributed by atoms with van der Waals surface area (Å²) in [4.78, 5) is 5.09. The van der Waals surface area contributed by atoms with Crippen molar-refractivity contribution in [2.45, 2.75) is 4.90 Å². The fraction of sp³-hybridized carbons (Fsp3) is 0.333. The number of H-pyrrole nitrogens is 1. The summed E-state index contributed by atoms with van der Waals surface area (Å²) in [7, 11) is 0.282. The SMILES string of the molecule is CN(C)CCNS(=O)(=O)c1c[nH]c2cc(N)ccc12. The normalized spacial score (nSPS) is 12.4. The largest absolute Gasteiger partial charge is 0.399 e. The average Bonchev–Trinajstić information content (AvgIpc) is 2.71. The lowest BCUT2D eigenvalue weighted by molar-refractivity contribution is 0.412. The zero-order valence-electron chi connectivity index (χ0n) is 11.0. The second-order valence-corrected chi connectivity index (χ2v) is 6.39. The van der Waals surface area contributed by atoms with Crippen LogP contribution in [0.15, 0.2) is 29.3 Å². The topological polar surface area (TPSA) is 91.2 Å². The van der Waals surface area contributed by atoms with E-state index in [4.69, 9.17) is 5.73 Å². The van der Waals surface area contributed by atoms with Gasteiger partial charge in [0.2, 0.25) is 10.0 Å². The summed E-state index contributed by atoms with van der Waals surface area (Å²) in [5.41, 5.74) is 6.98. The van der Waals surface area contributed by atoms with Gasteiger partial charge in [0.05, 0.1) is 0 Å². The monoisotopic (exact) mass is 282 g/mol. The highest BCUT2D eigenvalue weighted by Gasteiger charge is 2.18. The number of benzene rings is 1. The van der Waals surface area contributed by atoms with E-state index in [0.717, 1.165) is 0 Å². The Balaban J connectivity index is 2.28. The minimum Gasteiger partial charge on any atom is -0.399 e. The van der Waals surface area contributed by atoms with Crippen molar-refractivity contribution in [3.63, 3.8) is 0 Å². The Hall–Kier alpha value is -1.57. The highest BCUT2D eigenvalue weighted by Crippen LogP contribution is 2.24. The van der Waals surface area contributed by atoms with Crippen molar-refractivity contribution in [1.82, 2.24) is 14.6 Å². The molecule has 1 heterocycles. The Morgan fingerprint density at radius 1 is 1.37 bits per heavy atom. The predicted molar refractivity (Wildman–Crippen MR) is 76.5 cm³/mol. The van der Waals surface area contributed by atoms with Gasteiger partial charge in [-0.05, 0) is 32.3 Å². The third-order valence-electron chi connectivity index (χ3n) is 2.81. The van der Waals surface area contributed by atoms with Gasteiger partial charge < -0.3 is 15.6 Å². The van der Waals surface area contributed by atoms with Gasteiger partial charge in [0.15, 0.2) is 0 Å². The molecule has 0 atom stereocenters. The standard InChI is InChI=1S/C12H18N4O2S/c1-16(2)6-5-15-19(17,18)12-8-14-11-7-9(13)3-4-10(11)12/h3-4,7-8,14-15H,5-6,13H2,1-2H3. The van der Waals surface area contributed by atoms with Gasteiger partial charge in [-0.3, -0.25) is 0 Å². The molecule has 0 saturated heterocycles. The lowest BCUT2D eigenvalue weighted by Gasteiger charge is -2.10. The van der Waals surface area contributed by atoms with Crippen molar-refractivity contribution in [2.75, 3.05) is 32.9 Å². The summed E-state index contributed by atoms with van der Waals surface area (Å²) >= 11 is 0. The third-order valence-corrected chi connectivity index (χ3v) is 4.31. The van der Waals surface area contributed by atoms with Gasteiger partial charge in [0.25, 0.3) is 0 Å². The van der Waals surface area contributed by atoms with Crippen LogP contribution in [-0.2, 0) is 10.0 Å². The zero-order valence-corrected chi connectivity index (χ0v) is 11.8. The Morgan fingerprint density at radius 3 is 2.79 bits per heavy atom. The molecule has 2 aromatic rings. The van der Waals surface area contributed by atoms with E-state index in [1.54, 1.807) is 18.2 Å². The van der Waals surface area contributed by atoms with Crippen molar-refractivity contribution >= 4 is 26.6 Å². The van der Waals surface area contributed by atoms with E-state index in [-0.39, 0.29) is 4.90 Å². The first-order chi connectivity index (χ1) is 8.90. The number of likely N-dealkylation sites (N-methyl/N-ethyl adjacent to an activating group) is 1. The van der Waals surface area contributed by atoms with Crippen LogP contribution in [-0.4, -0.2) is 45.5 Å². The average molecular weight is 282 g/mol. The molecule has 0 saturated carbocycles. The number of aromatic nitrogens is 1. The smallest absolute Gasteiger partial charge is 0.242 e. The van der Waals surface area contributed by atoms with E-state index in [2.05, 4.69) is 9.71 Å².